The number of hydrogen-bond acceptors (Lipinski definition) is 3. The van der Waals surface area contributed by atoms with Gasteiger partial charge in [-0.1, -0.05) is 53.1 Å². The number of nitrogens with one attached hydrogen (secondary N) is 1. The predicted octanol–water partition coefficient (Wildman–Crippen LogP) is 5.83. The molecule has 1 aliphatic rings. The lowest BCUT2D eigenvalue weighted by atomic mass is 9.95. The average Bonchev–Trinajstić information content (AvgIpc) is 2.74. The van der Waals surface area contributed by atoms with Crippen molar-refractivity contribution < 1.29 is 14.4 Å². The summed E-state index contributed by atoms with van der Waals surface area (Å²) in [6.45, 7) is 7.94. The molecule has 5 nitrogen and oxygen atoms in total. The Bertz CT molecular complexity index is 1350. The lowest BCUT2D eigenvalue weighted by Gasteiger charge is -2.27. The van der Waals surface area contributed by atoms with E-state index in [1.165, 1.54) is 6.08 Å². The Balaban J connectivity index is 1.75. The number of benzene rings is 3. The molecule has 0 bridgehead atoms. The number of urea groups is 1. The van der Waals surface area contributed by atoms with Gasteiger partial charge in [0.2, 0.25) is 0 Å². The van der Waals surface area contributed by atoms with Crippen LogP contribution in [0.3, 0.4) is 0 Å². The zero-order chi connectivity index (χ0) is 24.6. The van der Waals surface area contributed by atoms with E-state index >= 15 is 0 Å². The van der Waals surface area contributed by atoms with Crippen molar-refractivity contribution >= 4 is 41.2 Å². The zero-order valence-electron chi connectivity index (χ0n) is 19.5. The fraction of sp³-hybridized carbons (Fsp3) is 0.179. The van der Waals surface area contributed by atoms with E-state index in [0.717, 1.165) is 38.3 Å². The highest BCUT2D eigenvalue weighted by atomic mass is 35.5. The van der Waals surface area contributed by atoms with E-state index in [1.54, 1.807) is 24.3 Å². The quantitative estimate of drug-likeness (QED) is 0.383. The number of halogens is 1. The molecule has 172 valence electrons. The number of hydrogen-bond donors (Lipinski definition) is 1. The largest absolute Gasteiger partial charge is 0.335 e. The first-order valence-corrected chi connectivity index (χ1v) is 11.3. The van der Waals surface area contributed by atoms with Gasteiger partial charge in [-0.2, -0.15) is 0 Å². The van der Waals surface area contributed by atoms with Crippen LogP contribution in [0.2, 0.25) is 5.02 Å². The predicted molar refractivity (Wildman–Crippen MR) is 135 cm³/mol. The fourth-order valence-electron chi connectivity index (χ4n) is 4.16. The number of carbonyl (C=O) groups is 3. The van der Waals surface area contributed by atoms with Gasteiger partial charge in [0.25, 0.3) is 11.8 Å². The Morgan fingerprint density at radius 1 is 0.853 bits per heavy atom. The Morgan fingerprint density at radius 2 is 1.56 bits per heavy atom. The molecular weight excluding hydrogens is 448 g/mol. The molecule has 0 saturated carbocycles. The second-order valence-corrected chi connectivity index (χ2v) is 9.18. The lowest BCUT2D eigenvalue weighted by molar-refractivity contribution is -0.122. The summed E-state index contributed by atoms with van der Waals surface area (Å²) in [7, 11) is 0. The third-order valence-corrected chi connectivity index (χ3v) is 6.17. The lowest BCUT2D eigenvalue weighted by Crippen LogP contribution is -2.54. The molecule has 1 heterocycles. The summed E-state index contributed by atoms with van der Waals surface area (Å²) in [6.07, 6.45) is 2.12. The maximum atomic E-state index is 13.3. The monoisotopic (exact) mass is 472 g/mol. The molecule has 1 aliphatic heterocycles. The van der Waals surface area contributed by atoms with Crippen LogP contribution in [0.4, 0.5) is 10.5 Å². The maximum Gasteiger partial charge on any atom is 0.335 e. The SMILES string of the molecule is Cc1cc(C)cc(Cc2ccc(Cl)cc2/C=C2\C(=O)NC(=O)N(c3ccc(C)c(C)c3)C2=O)c1. The van der Waals surface area contributed by atoms with Crippen molar-refractivity contribution in [2.45, 2.75) is 34.1 Å². The maximum absolute atomic E-state index is 13.3. The summed E-state index contributed by atoms with van der Waals surface area (Å²) in [5.74, 6) is -1.40. The molecule has 3 aromatic carbocycles. The van der Waals surface area contributed by atoms with Gasteiger partial charge in [0.15, 0.2) is 0 Å². The van der Waals surface area contributed by atoms with E-state index in [2.05, 4.69) is 23.5 Å². The second kappa shape index (κ2) is 9.27. The van der Waals surface area contributed by atoms with Crippen LogP contribution >= 0.6 is 11.6 Å². The fourth-order valence-corrected chi connectivity index (χ4v) is 4.34. The Kier molecular flexibility index (Phi) is 6.40. The van der Waals surface area contributed by atoms with Crippen molar-refractivity contribution in [1.29, 1.82) is 0 Å². The second-order valence-electron chi connectivity index (χ2n) is 8.74. The summed E-state index contributed by atoms with van der Waals surface area (Å²) in [5, 5.41) is 2.78. The molecular formula is C28H25ClN2O3. The summed E-state index contributed by atoms with van der Waals surface area (Å²) in [6, 6.07) is 16.2. The molecule has 1 N–H and O–H groups in total. The van der Waals surface area contributed by atoms with Crippen LogP contribution in [0.5, 0.6) is 0 Å². The number of nitrogens with zero attached hydrogens (tertiary/aromatic N) is 1. The third kappa shape index (κ3) is 4.80. The van der Waals surface area contributed by atoms with Gasteiger partial charge in [-0.15, -0.1) is 0 Å². The molecule has 4 rings (SSSR count). The van der Waals surface area contributed by atoms with Crippen LogP contribution in [0, 0.1) is 27.7 Å². The van der Waals surface area contributed by atoms with Crippen LogP contribution in [-0.2, 0) is 16.0 Å². The first-order valence-electron chi connectivity index (χ1n) is 11.0. The van der Waals surface area contributed by atoms with Crippen LogP contribution in [0.15, 0.2) is 60.2 Å². The molecule has 3 aromatic rings. The van der Waals surface area contributed by atoms with Gasteiger partial charge in [0.05, 0.1) is 5.69 Å². The van der Waals surface area contributed by atoms with Gasteiger partial charge in [-0.3, -0.25) is 14.9 Å². The van der Waals surface area contributed by atoms with E-state index < -0.39 is 17.8 Å². The number of barbiturate groups is 1. The minimum Gasteiger partial charge on any atom is -0.273 e. The average molecular weight is 473 g/mol. The summed E-state index contributed by atoms with van der Waals surface area (Å²) in [4.78, 5) is 39.6. The van der Waals surface area contributed by atoms with Crippen molar-refractivity contribution in [1.82, 2.24) is 5.32 Å². The van der Waals surface area contributed by atoms with Crippen molar-refractivity contribution in [2.24, 2.45) is 0 Å². The standard InChI is InChI=1S/C28H25ClN2O3/c1-16-9-17(2)11-20(10-16)13-21-6-7-23(29)14-22(21)15-25-26(32)30-28(34)31(27(25)33)24-8-5-18(3)19(4)12-24/h5-12,14-15H,13H2,1-4H3,(H,30,32,34)/b25-15+. The van der Waals surface area contributed by atoms with Gasteiger partial charge in [-0.25, -0.2) is 9.69 Å². The number of aryl methyl sites for hydroxylation is 4. The van der Waals surface area contributed by atoms with Crippen molar-refractivity contribution in [3.05, 3.63) is 104 Å². The van der Waals surface area contributed by atoms with Gasteiger partial charge >= 0.3 is 6.03 Å². The molecule has 0 unspecified atom stereocenters. The van der Waals surface area contributed by atoms with E-state index in [4.69, 9.17) is 11.6 Å². The van der Waals surface area contributed by atoms with Gasteiger partial charge < -0.3 is 0 Å². The van der Waals surface area contributed by atoms with Crippen molar-refractivity contribution in [3.63, 3.8) is 0 Å². The van der Waals surface area contributed by atoms with Crippen molar-refractivity contribution in [3.8, 4) is 0 Å². The van der Waals surface area contributed by atoms with Crippen molar-refractivity contribution in [2.75, 3.05) is 4.90 Å². The molecule has 34 heavy (non-hydrogen) atoms. The molecule has 0 spiro atoms. The van der Waals surface area contributed by atoms with Crippen LogP contribution in [-0.4, -0.2) is 17.8 Å². The normalized spacial score (nSPS) is 15.1. The Labute approximate surface area is 204 Å². The highest BCUT2D eigenvalue weighted by Crippen LogP contribution is 2.27. The number of imide groups is 2. The molecule has 0 aliphatic carbocycles. The Morgan fingerprint density at radius 3 is 2.24 bits per heavy atom. The first kappa shape index (κ1) is 23.5. The van der Waals surface area contributed by atoms with Gasteiger partial charge in [0.1, 0.15) is 5.57 Å². The van der Waals surface area contributed by atoms with Crippen LogP contribution in [0.25, 0.3) is 6.08 Å². The zero-order valence-corrected chi connectivity index (χ0v) is 20.3. The highest BCUT2D eigenvalue weighted by molar-refractivity contribution is 6.39. The van der Waals surface area contributed by atoms with E-state index in [-0.39, 0.29) is 5.57 Å². The first-order chi connectivity index (χ1) is 16.1. The number of carbonyl (C=O) groups excluding carboxylic acids is 3. The Hall–Kier alpha value is -3.70. The van der Waals surface area contributed by atoms with E-state index in [9.17, 15) is 14.4 Å². The third-order valence-electron chi connectivity index (χ3n) is 5.93. The molecule has 1 saturated heterocycles. The molecule has 0 aromatic heterocycles. The molecule has 0 atom stereocenters. The molecule has 6 heteroatoms. The summed E-state index contributed by atoms with van der Waals surface area (Å²) in [5.41, 5.74) is 7.26. The smallest absolute Gasteiger partial charge is 0.273 e. The molecule has 1 fully saturated rings. The van der Waals surface area contributed by atoms with Gasteiger partial charge in [0, 0.05) is 5.02 Å². The summed E-state index contributed by atoms with van der Waals surface area (Å²) < 4.78 is 0. The highest BCUT2D eigenvalue weighted by Gasteiger charge is 2.37. The van der Waals surface area contributed by atoms with E-state index in [1.807, 2.05) is 39.8 Å². The van der Waals surface area contributed by atoms with Crippen LogP contribution in [0.1, 0.15) is 38.9 Å². The minimum atomic E-state index is -0.767. The molecule has 0 radical (unpaired) electrons. The molecule has 4 amide bonds. The van der Waals surface area contributed by atoms with Crippen LogP contribution < -0.4 is 10.2 Å². The number of rotatable bonds is 4. The van der Waals surface area contributed by atoms with Gasteiger partial charge in [-0.05, 0) is 92.3 Å². The minimum absolute atomic E-state index is 0.123. The van der Waals surface area contributed by atoms with E-state index in [0.29, 0.717) is 22.7 Å². The number of amides is 4. The number of anilines is 1. The topological polar surface area (TPSA) is 66.5 Å². The summed E-state index contributed by atoms with van der Waals surface area (Å²) >= 11 is 6.26.